The molecule has 0 atom stereocenters. The van der Waals surface area contributed by atoms with E-state index in [4.69, 9.17) is 4.74 Å². The van der Waals surface area contributed by atoms with Crippen LogP contribution in [0.1, 0.15) is 38.5 Å². The standard InChI is InChI=1S/C21H25NO2S/c23-21(15-16-25-20-9-5-2-6-10-20)22-17-11-13-19(14-12-17)24-18-7-3-1-4-8-18/h1,3-4,7-8,11-14,20H,2,5-6,9-10,15-16H2,(H,22,23). The third-order valence-electron chi connectivity index (χ3n) is 4.35. The van der Waals surface area contributed by atoms with Crippen molar-refractivity contribution >= 4 is 23.4 Å². The number of para-hydroxylation sites is 1. The molecule has 1 fully saturated rings. The molecule has 1 aliphatic rings. The molecule has 0 saturated heterocycles. The van der Waals surface area contributed by atoms with Gasteiger partial charge in [0.2, 0.25) is 5.91 Å². The second kappa shape index (κ2) is 9.52. The highest BCUT2D eigenvalue weighted by atomic mass is 32.2. The Balaban J connectivity index is 1.40. The maximum Gasteiger partial charge on any atom is 0.225 e. The molecule has 1 saturated carbocycles. The van der Waals surface area contributed by atoms with Gasteiger partial charge < -0.3 is 10.1 Å². The van der Waals surface area contributed by atoms with Crippen molar-refractivity contribution in [2.75, 3.05) is 11.1 Å². The van der Waals surface area contributed by atoms with Crippen LogP contribution in [0.15, 0.2) is 54.6 Å². The lowest BCUT2D eigenvalue weighted by Gasteiger charge is -2.20. The highest BCUT2D eigenvalue weighted by Crippen LogP contribution is 2.28. The SMILES string of the molecule is O=C(CCSC1CCCCC1)Nc1ccc(Oc2ccccc2)cc1. The van der Waals surface area contributed by atoms with Crippen LogP contribution in [0.5, 0.6) is 11.5 Å². The van der Waals surface area contributed by atoms with Gasteiger partial charge in [-0.05, 0) is 49.2 Å². The lowest BCUT2D eigenvalue weighted by molar-refractivity contribution is -0.115. The quantitative estimate of drug-likeness (QED) is 0.674. The zero-order chi connectivity index (χ0) is 17.3. The Hall–Kier alpha value is -1.94. The van der Waals surface area contributed by atoms with E-state index in [1.54, 1.807) is 0 Å². The molecule has 0 aromatic heterocycles. The zero-order valence-electron chi connectivity index (χ0n) is 14.4. The van der Waals surface area contributed by atoms with Crippen molar-refractivity contribution in [3.05, 3.63) is 54.6 Å². The Kier molecular flexibility index (Phi) is 6.80. The summed E-state index contributed by atoms with van der Waals surface area (Å²) in [6.45, 7) is 0. The molecule has 0 radical (unpaired) electrons. The molecule has 1 N–H and O–H groups in total. The van der Waals surface area contributed by atoms with Crippen LogP contribution >= 0.6 is 11.8 Å². The summed E-state index contributed by atoms with van der Waals surface area (Å²) in [7, 11) is 0. The van der Waals surface area contributed by atoms with Crippen molar-refractivity contribution in [3.63, 3.8) is 0 Å². The molecule has 132 valence electrons. The first-order valence-corrected chi connectivity index (χ1v) is 10.1. The van der Waals surface area contributed by atoms with Gasteiger partial charge in [0, 0.05) is 23.1 Å². The van der Waals surface area contributed by atoms with Gasteiger partial charge in [-0.2, -0.15) is 11.8 Å². The Labute approximate surface area is 154 Å². The minimum atomic E-state index is 0.0834. The second-order valence-corrected chi connectivity index (χ2v) is 7.78. The first-order valence-electron chi connectivity index (χ1n) is 9.04. The molecule has 0 spiro atoms. The maximum absolute atomic E-state index is 12.1. The monoisotopic (exact) mass is 355 g/mol. The topological polar surface area (TPSA) is 38.3 Å². The van der Waals surface area contributed by atoms with E-state index in [0.717, 1.165) is 28.2 Å². The third-order valence-corrected chi connectivity index (χ3v) is 5.73. The predicted molar refractivity (Wildman–Crippen MR) is 106 cm³/mol. The van der Waals surface area contributed by atoms with E-state index in [1.165, 1.54) is 32.1 Å². The molecule has 1 amide bonds. The van der Waals surface area contributed by atoms with Crippen molar-refractivity contribution in [1.82, 2.24) is 0 Å². The van der Waals surface area contributed by atoms with Gasteiger partial charge in [0.25, 0.3) is 0 Å². The molecule has 0 bridgehead atoms. The first-order chi connectivity index (χ1) is 12.3. The van der Waals surface area contributed by atoms with Gasteiger partial charge in [-0.15, -0.1) is 0 Å². The van der Waals surface area contributed by atoms with E-state index in [9.17, 15) is 4.79 Å². The smallest absolute Gasteiger partial charge is 0.225 e. The molecular weight excluding hydrogens is 330 g/mol. The van der Waals surface area contributed by atoms with E-state index in [-0.39, 0.29) is 5.91 Å². The minimum absolute atomic E-state index is 0.0834. The number of ether oxygens (including phenoxy) is 1. The summed E-state index contributed by atoms with van der Waals surface area (Å²) < 4.78 is 5.75. The molecule has 25 heavy (non-hydrogen) atoms. The molecular formula is C21H25NO2S. The minimum Gasteiger partial charge on any atom is -0.457 e. The molecule has 4 heteroatoms. The molecule has 0 heterocycles. The summed E-state index contributed by atoms with van der Waals surface area (Å²) in [5.41, 5.74) is 0.813. The summed E-state index contributed by atoms with van der Waals surface area (Å²) in [4.78, 5) is 12.1. The third kappa shape index (κ3) is 6.13. The maximum atomic E-state index is 12.1. The Morgan fingerprint density at radius 3 is 2.36 bits per heavy atom. The van der Waals surface area contributed by atoms with Gasteiger partial charge in [0.1, 0.15) is 11.5 Å². The fraction of sp³-hybridized carbons (Fsp3) is 0.381. The van der Waals surface area contributed by atoms with E-state index in [1.807, 2.05) is 66.4 Å². The molecule has 0 unspecified atom stereocenters. The van der Waals surface area contributed by atoms with Crippen LogP contribution in [-0.4, -0.2) is 16.9 Å². The number of thioether (sulfide) groups is 1. The van der Waals surface area contributed by atoms with Gasteiger partial charge in [-0.25, -0.2) is 0 Å². The van der Waals surface area contributed by atoms with Gasteiger partial charge in [-0.3, -0.25) is 4.79 Å². The Morgan fingerprint density at radius 1 is 0.960 bits per heavy atom. The number of carbonyl (C=O) groups excluding carboxylic acids is 1. The fourth-order valence-corrected chi connectivity index (χ4v) is 4.31. The summed E-state index contributed by atoms with van der Waals surface area (Å²) in [5.74, 6) is 2.56. The van der Waals surface area contributed by atoms with Gasteiger partial charge in [-0.1, -0.05) is 37.5 Å². The highest BCUT2D eigenvalue weighted by molar-refractivity contribution is 7.99. The number of nitrogens with one attached hydrogen (secondary N) is 1. The average molecular weight is 356 g/mol. The van der Waals surface area contributed by atoms with Crippen molar-refractivity contribution in [2.45, 2.75) is 43.8 Å². The number of hydrogen-bond donors (Lipinski definition) is 1. The Morgan fingerprint density at radius 2 is 1.64 bits per heavy atom. The van der Waals surface area contributed by atoms with Crippen molar-refractivity contribution in [2.24, 2.45) is 0 Å². The van der Waals surface area contributed by atoms with E-state index < -0.39 is 0 Å². The summed E-state index contributed by atoms with van der Waals surface area (Å²) >= 11 is 1.96. The van der Waals surface area contributed by atoms with Gasteiger partial charge >= 0.3 is 0 Å². The van der Waals surface area contributed by atoms with Crippen molar-refractivity contribution < 1.29 is 9.53 Å². The average Bonchev–Trinajstić information content (AvgIpc) is 2.65. The van der Waals surface area contributed by atoms with Crippen LogP contribution in [0.3, 0.4) is 0 Å². The molecule has 3 nitrogen and oxygen atoms in total. The molecule has 2 aromatic rings. The normalized spacial score (nSPS) is 14.9. The van der Waals surface area contributed by atoms with Crippen molar-refractivity contribution in [1.29, 1.82) is 0 Å². The van der Waals surface area contributed by atoms with E-state index in [0.29, 0.717) is 6.42 Å². The molecule has 0 aliphatic heterocycles. The van der Waals surface area contributed by atoms with Crippen molar-refractivity contribution in [3.8, 4) is 11.5 Å². The number of anilines is 1. The lowest BCUT2D eigenvalue weighted by Crippen LogP contribution is -2.14. The number of benzene rings is 2. The Bertz CT molecular complexity index is 651. The molecule has 1 aliphatic carbocycles. The number of amides is 1. The summed E-state index contributed by atoms with van der Waals surface area (Å²) in [6.07, 6.45) is 7.28. The van der Waals surface area contributed by atoms with Crippen LogP contribution in [0.25, 0.3) is 0 Å². The second-order valence-electron chi connectivity index (χ2n) is 6.37. The number of rotatable bonds is 7. The largest absolute Gasteiger partial charge is 0.457 e. The summed E-state index contributed by atoms with van der Waals surface area (Å²) in [5, 5.41) is 3.72. The van der Waals surface area contributed by atoms with Crippen LogP contribution in [0, 0.1) is 0 Å². The van der Waals surface area contributed by atoms with Crippen LogP contribution in [0.4, 0.5) is 5.69 Å². The fourth-order valence-electron chi connectivity index (χ4n) is 3.00. The predicted octanol–water partition coefficient (Wildman–Crippen LogP) is 5.87. The van der Waals surface area contributed by atoms with Gasteiger partial charge in [0.05, 0.1) is 0 Å². The van der Waals surface area contributed by atoms with E-state index >= 15 is 0 Å². The van der Waals surface area contributed by atoms with Crippen LogP contribution < -0.4 is 10.1 Å². The van der Waals surface area contributed by atoms with Crippen LogP contribution in [0.2, 0.25) is 0 Å². The summed E-state index contributed by atoms with van der Waals surface area (Å²) in [6, 6.07) is 17.2. The van der Waals surface area contributed by atoms with Crippen LogP contribution in [-0.2, 0) is 4.79 Å². The lowest BCUT2D eigenvalue weighted by atomic mass is 10.0. The first kappa shape index (κ1) is 17.9. The molecule has 3 rings (SSSR count). The van der Waals surface area contributed by atoms with E-state index in [2.05, 4.69) is 5.32 Å². The zero-order valence-corrected chi connectivity index (χ0v) is 15.3. The molecule has 2 aromatic carbocycles. The highest BCUT2D eigenvalue weighted by Gasteiger charge is 2.14. The van der Waals surface area contributed by atoms with Gasteiger partial charge in [0.15, 0.2) is 0 Å². The number of carbonyl (C=O) groups is 1. The number of hydrogen-bond acceptors (Lipinski definition) is 3.